The van der Waals surface area contributed by atoms with Crippen molar-refractivity contribution in [3.63, 3.8) is 0 Å². The minimum atomic E-state index is -0.178. The first-order valence-corrected chi connectivity index (χ1v) is 8.16. The van der Waals surface area contributed by atoms with E-state index in [0.29, 0.717) is 25.9 Å². The number of hydrogen-bond acceptors (Lipinski definition) is 5. The molecule has 0 aromatic heterocycles. The fourth-order valence-electron chi connectivity index (χ4n) is 1.96. The van der Waals surface area contributed by atoms with Crippen molar-refractivity contribution in [3.05, 3.63) is 12.3 Å². The molecule has 0 saturated heterocycles. The minimum absolute atomic E-state index is 0.0302. The molecule has 0 spiro atoms. The maximum absolute atomic E-state index is 11.4. The first-order valence-electron chi connectivity index (χ1n) is 8.16. The van der Waals surface area contributed by atoms with Crippen molar-refractivity contribution in [2.24, 2.45) is 0 Å². The van der Waals surface area contributed by atoms with Crippen LogP contribution in [0.5, 0.6) is 0 Å². The molecule has 0 aromatic rings. The molecule has 0 radical (unpaired) electrons. The van der Waals surface area contributed by atoms with Gasteiger partial charge >= 0.3 is 0 Å². The number of carbonyl (C=O) groups excluding carboxylic acids is 3. The monoisotopic (exact) mass is 341 g/mol. The van der Waals surface area contributed by atoms with Crippen molar-refractivity contribution in [3.8, 4) is 0 Å². The molecule has 0 bridgehead atoms. The van der Waals surface area contributed by atoms with Crippen LogP contribution in [-0.4, -0.2) is 81.9 Å². The Morgan fingerprint density at radius 3 is 1.96 bits per heavy atom. The van der Waals surface area contributed by atoms with E-state index >= 15 is 0 Å². The maximum atomic E-state index is 11.4. The molecule has 0 fully saturated rings. The lowest BCUT2D eigenvalue weighted by molar-refractivity contribution is -0.121. The summed E-state index contributed by atoms with van der Waals surface area (Å²) >= 11 is 0. The predicted octanol–water partition coefficient (Wildman–Crippen LogP) is -0.858. The number of likely N-dealkylation sites (N-methyl/N-ethyl adjacent to an activating group) is 1. The second kappa shape index (κ2) is 13.4. The summed E-state index contributed by atoms with van der Waals surface area (Å²) in [7, 11) is 6.78. The number of nitrogens with one attached hydrogen (secondary N) is 3. The van der Waals surface area contributed by atoms with Crippen LogP contribution < -0.4 is 16.0 Å². The fraction of sp³-hybridized carbons (Fsp3) is 0.688. The highest BCUT2D eigenvalue weighted by Gasteiger charge is 2.06. The number of hydrogen-bond donors (Lipinski definition) is 3. The zero-order valence-corrected chi connectivity index (χ0v) is 15.2. The van der Waals surface area contributed by atoms with Crippen molar-refractivity contribution in [2.75, 3.05) is 54.4 Å². The number of carbonyl (C=O) groups is 3. The molecule has 24 heavy (non-hydrogen) atoms. The zero-order chi connectivity index (χ0) is 18.4. The van der Waals surface area contributed by atoms with Gasteiger partial charge in [0.05, 0.1) is 0 Å². The standard InChI is InChI=1S/C16H31N5O3/c1-17-14(22)6-11-20(4)9-5-10-21(12-7-15(23)18-2)13-8-16(24)19-3/h7,12H,5-6,8-11,13H2,1-4H3,(H,17,22)(H,18,23)(H,19,24)/b12-7+. The molecule has 0 rings (SSSR count). The summed E-state index contributed by atoms with van der Waals surface area (Å²) in [6, 6.07) is 0. The van der Waals surface area contributed by atoms with Gasteiger partial charge in [0.1, 0.15) is 0 Å². The Morgan fingerprint density at radius 2 is 1.42 bits per heavy atom. The molecule has 0 aliphatic rings. The van der Waals surface area contributed by atoms with Gasteiger partial charge in [-0.25, -0.2) is 0 Å². The molecule has 0 atom stereocenters. The number of amides is 3. The smallest absolute Gasteiger partial charge is 0.245 e. The lowest BCUT2D eigenvalue weighted by Gasteiger charge is -2.22. The Morgan fingerprint density at radius 1 is 0.833 bits per heavy atom. The Balaban J connectivity index is 4.28. The van der Waals surface area contributed by atoms with Gasteiger partial charge in [-0.2, -0.15) is 0 Å². The van der Waals surface area contributed by atoms with E-state index in [1.54, 1.807) is 27.3 Å². The van der Waals surface area contributed by atoms with Gasteiger partial charge in [-0.3, -0.25) is 14.4 Å². The molecule has 0 saturated carbocycles. The quantitative estimate of drug-likeness (QED) is 0.402. The normalized spacial score (nSPS) is 10.7. The van der Waals surface area contributed by atoms with Crippen molar-refractivity contribution < 1.29 is 14.4 Å². The molecule has 0 heterocycles. The Kier molecular flexibility index (Phi) is 12.2. The van der Waals surface area contributed by atoms with Crippen molar-refractivity contribution in [1.29, 1.82) is 0 Å². The van der Waals surface area contributed by atoms with Crippen LogP contribution in [-0.2, 0) is 14.4 Å². The van der Waals surface area contributed by atoms with Gasteiger partial charge in [0.15, 0.2) is 0 Å². The second-order valence-electron chi connectivity index (χ2n) is 5.47. The Hall–Kier alpha value is -2.09. The van der Waals surface area contributed by atoms with Gasteiger partial charge in [-0.1, -0.05) is 0 Å². The average Bonchev–Trinajstić information content (AvgIpc) is 2.60. The van der Waals surface area contributed by atoms with Gasteiger partial charge in [-0.05, 0) is 20.0 Å². The van der Waals surface area contributed by atoms with Crippen molar-refractivity contribution in [2.45, 2.75) is 19.3 Å². The highest BCUT2D eigenvalue weighted by molar-refractivity contribution is 5.87. The van der Waals surface area contributed by atoms with Crippen LogP contribution in [0.15, 0.2) is 12.3 Å². The topological polar surface area (TPSA) is 93.8 Å². The molecule has 138 valence electrons. The molecular weight excluding hydrogens is 310 g/mol. The van der Waals surface area contributed by atoms with Gasteiger partial charge < -0.3 is 25.8 Å². The van der Waals surface area contributed by atoms with E-state index in [1.165, 1.54) is 6.08 Å². The van der Waals surface area contributed by atoms with Crippen LogP contribution in [0.25, 0.3) is 0 Å². The Labute approximate surface area is 144 Å². The van der Waals surface area contributed by atoms with E-state index in [4.69, 9.17) is 0 Å². The predicted molar refractivity (Wildman–Crippen MR) is 94.3 cm³/mol. The summed E-state index contributed by atoms with van der Waals surface area (Å²) in [5.74, 6) is -0.179. The van der Waals surface area contributed by atoms with Crippen LogP contribution >= 0.6 is 0 Å². The number of nitrogens with zero attached hydrogens (tertiary/aromatic N) is 2. The van der Waals surface area contributed by atoms with Gasteiger partial charge in [0.2, 0.25) is 17.7 Å². The van der Waals surface area contributed by atoms with Gasteiger partial charge in [0.25, 0.3) is 0 Å². The van der Waals surface area contributed by atoms with Gasteiger partial charge in [-0.15, -0.1) is 0 Å². The third kappa shape index (κ3) is 11.5. The molecule has 8 nitrogen and oxygen atoms in total. The minimum Gasteiger partial charge on any atom is -0.377 e. The highest BCUT2D eigenvalue weighted by atomic mass is 16.2. The summed E-state index contributed by atoms with van der Waals surface area (Å²) in [6.45, 7) is 2.82. The fourth-order valence-corrected chi connectivity index (χ4v) is 1.96. The number of rotatable bonds is 12. The van der Waals surface area contributed by atoms with E-state index < -0.39 is 0 Å². The molecule has 3 N–H and O–H groups in total. The zero-order valence-electron chi connectivity index (χ0n) is 15.2. The summed E-state index contributed by atoms with van der Waals surface area (Å²) in [4.78, 5) is 38.0. The molecule has 0 aromatic carbocycles. The van der Waals surface area contributed by atoms with Crippen LogP contribution in [0.3, 0.4) is 0 Å². The molecular formula is C16H31N5O3. The first kappa shape index (κ1) is 21.9. The van der Waals surface area contributed by atoms with Crippen LogP contribution in [0.2, 0.25) is 0 Å². The van der Waals surface area contributed by atoms with E-state index in [2.05, 4.69) is 20.9 Å². The third-order valence-corrected chi connectivity index (χ3v) is 3.57. The van der Waals surface area contributed by atoms with E-state index in [9.17, 15) is 14.4 Å². The Bertz CT molecular complexity index is 426. The lowest BCUT2D eigenvalue weighted by atomic mass is 10.3. The lowest BCUT2D eigenvalue weighted by Crippen LogP contribution is -2.31. The molecule has 0 unspecified atom stereocenters. The average molecular weight is 341 g/mol. The maximum Gasteiger partial charge on any atom is 0.245 e. The van der Waals surface area contributed by atoms with E-state index in [1.807, 2.05) is 11.9 Å². The first-order chi connectivity index (χ1) is 11.4. The van der Waals surface area contributed by atoms with Gasteiger partial charge in [0, 0.05) is 65.9 Å². The van der Waals surface area contributed by atoms with Crippen LogP contribution in [0.1, 0.15) is 19.3 Å². The van der Waals surface area contributed by atoms with E-state index in [0.717, 1.165) is 19.5 Å². The van der Waals surface area contributed by atoms with Crippen molar-refractivity contribution >= 4 is 17.7 Å². The third-order valence-electron chi connectivity index (χ3n) is 3.57. The highest BCUT2D eigenvalue weighted by Crippen LogP contribution is 1.99. The summed E-state index contributed by atoms with van der Waals surface area (Å²) in [5, 5.41) is 7.72. The SMILES string of the molecule is CNC(=O)/C=C/N(CCCN(C)CCC(=O)NC)CCC(=O)NC. The summed E-state index contributed by atoms with van der Waals surface area (Å²) in [6.07, 6.45) is 4.90. The van der Waals surface area contributed by atoms with Crippen molar-refractivity contribution in [1.82, 2.24) is 25.8 Å². The van der Waals surface area contributed by atoms with E-state index in [-0.39, 0.29) is 17.7 Å². The molecule has 3 amide bonds. The largest absolute Gasteiger partial charge is 0.377 e. The van der Waals surface area contributed by atoms with Crippen LogP contribution in [0, 0.1) is 0 Å². The van der Waals surface area contributed by atoms with Crippen LogP contribution in [0.4, 0.5) is 0 Å². The summed E-state index contributed by atoms with van der Waals surface area (Å²) in [5.41, 5.74) is 0. The molecule has 0 aliphatic heterocycles. The summed E-state index contributed by atoms with van der Waals surface area (Å²) < 4.78 is 0. The second-order valence-corrected chi connectivity index (χ2v) is 5.47. The molecule has 8 heteroatoms. The molecule has 0 aliphatic carbocycles.